The van der Waals surface area contributed by atoms with Crippen LogP contribution in [-0.2, 0) is 27.1 Å². The number of aldehydes is 1. The number of thiazole rings is 1. The number of rotatable bonds is 7. The van der Waals surface area contributed by atoms with Crippen LogP contribution in [-0.4, -0.2) is 54.1 Å². The highest BCUT2D eigenvalue weighted by molar-refractivity contribution is 7.19. The standard InChI is InChI=1S/C19H22N8OS/c1-12-9-26(3)24-15(12)10-25(2)21-8-14-16(11-28)27(4)19-18(14)29-17(22-19)7-13-5-6-20-23-13/h5-6,8-9,11H,7,10H2,1-4H3,(H,20,23)/b21-8-. The van der Waals surface area contributed by atoms with Crippen LogP contribution >= 0.6 is 11.3 Å². The molecule has 0 radical (unpaired) electrons. The second-order valence-corrected chi connectivity index (χ2v) is 8.07. The summed E-state index contributed by atoms with van der Waals surface area (Å²) in [6, 6.07) is 1.93. The van der Waals surface area contributed by atoms with Gasteiger partial charge in [-0.15, -0.1) is 11.3 Å². The number of carbonyl (C=O) groups excluding carboxylic acids is 1. The fourth-order valence-corrected chi connectivity index (χ4v) is 4.42. The van der Waals surface area contributed by atoms with Crippen LogP contribution < -0.4 is 0 Å². The number of hydrogen-bond donors (Lipinski definition) is 1. The minimum Gasteiger partial charge on any atom is -0.325 e. The zero-order valence-electron chi connectivity index (χ0n) is 16.7. The van der Waals surface area contributed by atoms with Crippen molar-refractivity contribution in [1.82, 2.24) is 34.5 Å². The number of hydrazone groups is 1. The summed E-state index contributed by atoms with van der Waals surface area (Å²) < 4.78 is 4.57. The predicted molar refractivity (Wildman–Crippen MR) is 112 cm³/mol. The molecule has 4 heterocycles. The third-order valence-corrected chi connectivity index (χ3v) is 5.82. The van der Waals surface area contributed by atoms with Crippen molar-refractivity contribution < 1.29 is 4.79 Å². The van der Waals surface area contributed by atoms with E-state index in [0.29, 0.717) is 18.7 Å². The molecule has 0 amide bonds. The average molecular weight is 411 g/mol. The number of hydrogen-bond acceptors (Lipinski definition) is 7. The van der Waals surface area contributed by atoms with E-state index in [1.165, 1.54) is 0 Å². The van der Waals surface area contributed by atoms with Gasteiger partial charge in [-0.3, -0.25) is 19.6 Å². The van der Waals surface area contributed by atoms with Crippen LogP contribution in [0, 0.1) is 6.92 Å². The number of H-pyrrole nitrogens is 1. The summed E-state index contributed by atoms with van der Waals surface area (Å²) in [6.45, 7) is 2.62. The van der Waals surface area contributed by atoms with Gasteiger partial charge in [0, 0.05) is 51.2 Å². The summed E-state index contributed by atoms with van der Waals surface area (Å²) in [5.74, 6) is 0. The predicted octanol–water partition coefficient (Wildman–Crippen LogP) is 2.27. The molecule has 0 atom stereocenters. The summed E-state index contributed by atoms with van der Waals surface area (Å²) in [5.41, 5.74) is 5.24. The van der Waals surface area contributed by atoms with E-state index in [-0.39, 0.29) is 0 Å². The van der Waals surface area contributed by atoms with Crippen molar-refractivity contribution in [2.24, 2.45) is 19.2 Å². The molecule has 4 aromatic heterocycles. The van der Waals surface area contributed by atoms with Crippen LogP contribution in [0.25, 0.3) is 10.3 Å². The van der Waals surface area contributed by atoms with Gasteiger partial charge in [-0.2, -0.15) is 15.3 Å². The maximum absolute atomic E-state index is 11.7. The molecule has 0 aromatic carbocycles. The molecule has 0 saturated heterocycles. The van der Waals surface area contributed by atoms with Gasteiger partial charge in [-0.1, -0.05) is 0 Å². The Kier molecular flexibility index (Phi) is 5.01. The highest BCUT2D eigenvalue weighted by atomic mass is 32.1. The third kappa shape index (κ3) is 3.70. The monoisotopic (exact) mass is 410 g/mol. The number of nitrogens with zero attached hydrogens (tertiary/aromatic N) is 7. The van der Waals surface area contributed by atoms with Crippen molar-refractivity contribution in [3.63, 3.8) is 0 Å². The Bertz CT molecular complexity index is 1180. The third-order valence-electron chi connectivity index (χ3n) is 4.74. The molecule has 0 unspecified atom stereocenters. The quantitative estimate of drug-likeness (QED) is 0.286. The fourth-order valence-electron chi connectivity index (χ4n) is 3.28. The average Bonchev–Trinajstić information content (AvgIpc) is 3.43. The molecule has 0 saturated carbocycles. The van der Waals surface area contributed by atoms with Crippen LogP contribution in [0.2, 0.25) is 0 Å². The first-order valence-corrected chi connectivity index (χ1v) is 9.93. The van der Waals surface area contributed by atoms with Crippen LogP contribution in [0.5, 0.6) is 0 Å². The molecular formula is C19H22N8OS. The summed E-state index contributed by atoms with van der Waals surface area (Å²) >= 11 is 1.57. The molecule has 9 nitrogen and oxygen atoms in total. The zero-order valence-corrected chi connectivity index (χ0v) is 17.6. The molecule has 29 heavy (non-hydrogen) atoms. The summed E-state index contributed by atoms with van der Waals surface area (Å²) in [7, 11) is 5.65. The Balaban J connectivity index is 1.62. The molecule has 0 spiro atoms. The summed E-state index contributed by atoms with van der Waals surface area (Å²) in [6.07, 6.45) is 6.97. The molecule has 0 aliphatic heterocycles. The van der Waals surface area contributed by atoms with Gasteiger partial charge in [-0.25, -0.2) is 4.98 Å². The minimum atomic E-state index is 0.568. The lowest BCUT2D eigenvalue weighted by molar-refractivity contribution is 0.111. The normalized spacial score (nSPS) is 11.7. The van der Waals surface area contributed by atoms with E-state index in [1.807, 2.05) is 49.9 Å². The SMILES string of the molecule is Cc1cn(C)nc1CN(C)/N=C\c1c(C=O)n(C)c2nc(Cc3ccn[nH]3)sc12. The number of aromatic amines is 1. The number of aryl methyl sites for hydroxylation is 3. The number of carbonyl (C=O) groups is 1. The van der Waals surface area contributed by atoms with E-state index in [9.17, 15) is 4.79 Å². The van der Waals surface area contributed by atoms with Crippen molar-refractivity contribution in [2.75, 3.05) is 7.05 Å². The molecule has 10 heteroatoms. The highest BCUT2D eigenvalue weighted by Gasteiger charge is 2.19. The Morgan fingerprint density at radius 1 is 1.38 bits per heavy atom. The lowest BCUT2D eigenvalue weighted by Crippen LogP contribution is -2.12. The number of nitrogens with one attached hydrogen (secondary N) is 1. The molecular weight excluding hydrogens is 388 g/mol. The first-order valence-electron chi connectivity index (χ1n) is 9.12. The Hall–Kier alpha value is -3.27. The Morgan fingerprint density at radius 3 is 2.86 bits per heavy atom. The lowest BCUT2D eigenvalue weighted by atomic mass is 10.2. The minimum absolute atomic E-state index is 0.568. The smallest absolute Gasteiger partial charge is 0.167 e. The Morgan fingerprint density at radius 2 is 2.21 bits per heavy atom. The van der Waals surface area contributed by atoms with Gasteiger partial charge >= 0.3 is 0 Å². The fraction of sp³-hybridized carbons (Fsp3) is 0.316. The van der Waals surface area contributed by atoms with Gasteiger partial charge < -0.3 is 4.57 Å². The zero-order chi connectivity index (χ0) is 20.5. The summed E-state index contributed by atoms with van der Waals surface area (Å²) in [4.78, 5) is 16.4. The van der Waals surface area contributed by atoms with Crippen molar-refractivity contribution in [3.05, 3.63) is 51.7 Å². The van der Waals surface area contributed by atoms with E-state index >= 15 is 0 Å². The van der Waals surface area contributed by atoms with Crippen molar-refractivity contribution in [3.8, 4) is 0 Å². The van der Waals surface area contributed by atoms with Gasteiger partial charge in [0.2, 0.25) is 0 Å². The second-order valence-electron chi connectivity index (χ2n) is 6.99. The van der Waals surface area contributed by atoms with Crippen molar-refractivity contribution >= 4 is 34.2 Å². The van der Waals surface area contributed by atoms with Crippen LogP contribution in [0.3, 0.4) is 0 Å². The van der Waals surface area contributed by atoms with E-state index in [4.69, 9.17) is 4.98 Å². The molecule has 1 N–H and O–H groups in total. The van der Waals surface area contributed by atoms with E-state index in [0.717, 1.165) is 44.2 Å². The van der Waals surface area contributed by atoms with Crippen LogP contribution in [0.15, 0.2) is 23.6 Å². The molecule has 0 aliphatic rings. The molecule has 4 aromatic rings. The Labute approximate surface area is 171 Å². The van der Waals surface area contributed by atoms with Gasteiger partial charge in [0.05, 0.1) is 28.8 Å². The molecule has 0 bridgehead atoms. The van der Waals surface area contributed by atoms with Crippen LogP contribution in [0.4, 0.5) is 0 Å². The summed E-state index contributed by atoms with van der Waals surface area (Å²) in [5, 5.41) is 18.7. The maximum atomic E-state index is 11.7. The van der Waals surface area contributed by atoms with Gasteiger partial charge in [0.15, 0.2) is 11.9 Å². The van der Waals surface area contributed by atoms with E-state index in [1.54, 1.807) is 28.4 Å². The first-order chi connectivity index (χ1) is 14.0. The van der Waals surface area contributed by atoms with Gasteiger partial charge in [0.1, 0.15) is 5.01 Å². The molecule has 0 aliphatic carbocycles. The van der Waals surface area contributed by atoms with E-state index < -0.39 is 0 Å². The largest absolute Gasteiger partial charge is 0.325 e. The first kappa shape index (κ1) is 19.1. The molecule has 0 fully saturated rings. The lowest BCUT2D eigenvalue weighted by Gasteiger charge is -2.11. The highest BCUT2D eigenvalue weighted by Crippen LogP contribution is 2.30. The van der Waals surface area contributed by atoms with Crippen molar-refractivity contribution in [2.45, 2.75) is 19.9 Å². The second kappa shape index (κ2) is 7.63. The van der Waals surface area contributed by atoms with Crippen LogP contribution in [0.1, 0.15) is 38.0 Å². The van der Waals surface area contributed by atoms with E-state index in [2.05, 4.69) is 20.4 Å². The number of aromatic nitrogens is 6. The van der Waals surface area contributed by atoms with Gasteiger partial charge in [-0.05, 0) is 18.6 Å². The maximum Gasteiger partial charge on any atom is 0.167 e. The van der Waals surface area contributed by atoms with Crippen molar-refractivity contribution in [1.29, 1.82) is 0 Å². The molecule has 4 rings (SSSR count). The number of fused-ring (bicyclic) bond motifs is 1. The van der Waals surface area contributed by atoms with Gasteiger partial charge in [0.25, 0.3) is 0 Å². The molecule has 150 valence electrons. The topological polar surface area (TPSA) is 97.0 Å².